The number of carbonyl (C=O) groups is 2. The molecule has 2 N–H and O–H groups in total. The summed E-state index contributed by atoms with van der Waals surface area (Å²) in [6.45, 7) is 7.35. The highest BCUT2D eigenvalue weighted by molar-refractivity contribution is 5.84. The van der Waals surface area contributed by atoms with Crippen LogP contribution < -0.4 is 10.2 Å². The molecule has 0 atom stereocenters. The molecular formula is C26H38N3O2+. The first-order chi connectivity index (χ1) is 15.0. The number of amides is 2. The Morgan fingerprint density at radius 3 is 2.26 bits per heavy atom. The van der Waals surface area contributed by atoms with E-state index in [1.165, 1.54) is 30.4 Å². The molecule has 1 aromatic rings. The van der Waals surface area contributed by atoms with Gasteiger partial charge in [0.05, 0.1) is 26.2 Å². The third-order valence-corrected chi connectivity index (χ3v) is 8.67. The molecule has 0 radical (unpaired) electrons. The minimum atomic E-state index is -0.109. The second-order valence-electron chi connectivity index (χ2n) is 10.9. The summed E-state index contributed by atoms with van der Waals surface area (Å²) in [5.74, 6) is 2.76. The molecule has 6 rings (SSSR count). The van der Waals surface area contributed by atoms with Crippen LogP contribution in [0.15, 0.2) is 24.3 Å². The molecule has 0 aromatic heterocycles. The first kappa shape index (κ1) is 21.0. The van der Waals surface area contributed by atoms with Crippen LogP contribution in [0.2, 0.25) is 0 Å². The molecule has 5 aliphatic rings. The van der Waals surface area contributed by atoms with Crippen LogP contribution >= 0.6 is 0 Å². The number of nitrogens with zero attached hydrogens (tertiary/aromatic N) is 1. The van der Waals surface area contributed by atoms with E-state index in [-0.39, 0.29) is 17.2 Å². The molecule has 5 fully saturated rings. The second kappa shape index (κ2) is 8.57. The summed E-state index contributed by atoms with van der Waals surface area (Å²) in [7, 11) is 0. The number of hydrogen-bond donors (Lipinski definition) is 2. The van der Waals surface area contributed by atoms with E-state index in [1.54, 1.807) is 4.90 Å². The average Bonchev–Trinajstić information content (AvgIpc) is 2.75. The Bertz CT molecular complexity index is 792. The predicted molar refractivity (Wildman–Crippen MR) is 120 cm³/mol. The van der Waals surface area contributed by atoms with Gasteiger partial charge in [-0.3, -0.25) is 9.59 Å². The molecule has 5 heteroatoms. The van der Waals surface area contributed by atoms with E-state index in [0.29, 0.717) is 13.0 Å². The molecule has 0 unspecified atom stereocenters. The van der Waals surface area contributed by atoms with Gasteiger partial charge in [-0.05, 0) is 68.8 Å². The third kappa shape index (κ3) is 4.39. The Labute approximate surface area is 186 Å². The maximum atomic E-state index is 13.1. The molecule has 31 heavy (non-hydrogen) atoms. The highest BCUT2D eigenvalue weighted by atomic mass is 16.2. The Morgan fingerprint density at radius 1 is 1.03 bits per heavy atom. The lowest BCUT2D eigenvalue weighted by atomic mass is 9.49. The van der Waals surface area contributed by atoms with Crippen molar-refractivity contribution in [3.8, 4) is 0 Å². The molecule has 4 bridgehead atoms. The quantitative estimate of drug-likeness (QED) is 0.733. The largest absolute Gasteiger partial charge is 0.355 e. The van der Waals surface area contributed by atoms with Crippen molar-refractivity contribution < 1.29 is 14.5 Å². The van der Waals surface area contributed by atoms with E-state index in [9.17, 15) is 9.59 Å². The minimum Gasteiger partial charge on any atom is -0.355 e. The Balaban J connectivity index is 1.05. The zero-order valence-corrected chi connectivity index (χ0v) is 19.0. The molecule has 1 saturated heterocycles. The number of piperazine rings is 1. The molecule has 1 heterocycles. The summed E-state index contributed by atoms with van der Waals surface area (Å²) < 4.78 is 0. The highest BCUT2D eigenvalue weighted by Crippen LogP contribution is 2.60. The van der Waals surface area contributed by atoms with Crippen molar-refractivity contribution in [3.05, 3.63) is 35.4 Å². The van der Waals surface area contributed by atoms with Gasteiger partial charge in [0.15, 0.2) is 0 Å². The number of rotatable bonds is 6. The number of carbonyl (C=O) groups excluding carboxylic acids is 2. The van der Waals surface area contributed by atoms with Crippen LogP contribution in [0.5, 0.6) is 0 Å². The third-order valence-electron chi connectivity index (χ3n) is 8.67. The lowest BCUT2D eigenvalue weighted by Gasteiger charge is -2.55. The normalized spacial score (nSPS) is 32.3. The predicted octanol–water partition coefficient (Wildman–Crippen LogP) is 1.94. The fraction of sp³-hybridized carbons (Fsp3) is 0.692. The molecule has 2 amide bonds. The van der Waals surface area contributed by atoms with Gasteiger partial charge >= 0.3 is 0 Å². The summed E-state index contributed by atoms with van der Waals surface area (Å²) in [6.07, 6.45) is 7.75. The minimum absolute atomic E-state index is 0.109. The van der Waals surface area contributed by atoms with Crippen molar-refractivity contribution in [2.24, 2.45) is 23.2 Å². The average molecular weight is 425 g/mol. The number of nitrogens with one attached hydrogen (secondary N) is 2. The highest BCUT2D eigenvalue weighted by Gasteiger charge is 2.54. The fourth-order valence-corrected chi connectivity index (χ4v) is 7.34. The van der Waals surface area contributed by atoms with E-state index in [4.69, 9.17) is 0 Å². The second-order valence-corrected chi connectivity index (χ2v) is 10.9. The van der Waals surface area contributed by atoms with Crippen molar-refractivity contribution in [2.75, 3.05) is 32.7 Å². The van der Waals surface area contributed by atoms with Gasteiger partial charge in [0, 0.05) is 23.9 Å². The first-order valence-electron chi connectivity index (χ1n) is 12.4. The molecule has 4 aliphatic carbocycles. The summed E-state index contributed by atoms with van der Waals surface area (Å²) in [5, 5.41) is 3.17. The molecule has 1 aromatic carbocycles. The van der Waals surface area contributed by atoms with Crippen LogP contribution in [-0.4, -0.2) is 49.4 Å². The Hall–Kier alpha value is -1.88. The number of hydrogen-bond acceptors (Lipinski definition) is 2. The van der Waals surface area contributed by atoms with E-state index >= 15 is 0 Å². The standard InChI is InChI=1S/C26H37N3O2/c1-19-4-2-3-5-23(19)18-28-8-10-29(11-9-28)24(30)6-7-27-25(31)26-15-20-12-21(16-26)14-22(13-20)17-26/h2-5,20-22H,6-18H2,1H3,(H,27,31)/p+1. The van der Waals surface area contributed by atoms with Crippen LogP contribution in [0.25, 0.3) is 0 Å². The summed E-state index contributed by atoms with van der Waals surface area (Å²) in [4.78, 5) is 29.3. The number of quaternary nitrogens is 1. The Kier molecular flexibility index (Phi) is 5.80. The maximum absolute atomic E-state index is 13.1. The van der Waals surface area contributed by atoms with Crippen LogP contribution in [0.3, 0.4) is 0 Å². The van der Waals surface area contributed by atoms with Crippen LogP contribution in [0, 0.1) is 30.1 Å². The Morgan fingerprint density at radius 2 is 1.65 bits per heavy atom. The summed E-state index contributed by atoms with van der Waals surface area (Å²) >= 11 is 0. The van der Waals surface area contributed by atoms with Crippen LogP contribution in [0.1, 0.15) is 56.1 Å². The molecular weight excluding hydrogens is 386 g/mol. The van der Waals surface area contributed by atoms with Crippen LogP contribution in [-0.2, 0) is 16.1 Å². The van der Waals surface area contributed by atoms with E-state index in [0.717, 1.165) is 69.7 Å². The zero-order chi connectivity index (χ0) is 21.4. The van der Waals surface area contributed by atoms with Crippen molar-refractivity contribution in [2.45, 2.75) is 58.4 Å². The topological polar surface area (TPSA) is 53.9 Å². The van der Waals surface area contributed by atoms with Gasteiger partial charge in [0.2, 0.25) is 11.8 Å². The fourth-order valence-electron chi connectivity index (χ4n) is 7.34. The monoisotopic (exact) mass is 424 g/mol. The number of aryl methyl sites for hydroxylation is 1. The van der Waals surface area contributed by atoms with Gasteiger partial charge in [-0.1, -0.05) is 24.3 Å². The van der Waals surface area contributed by atoms with Gasteiger partial charge in [-0.2, -0.15) is 0 Å². The van der Waals surface area contributed by atoms with Gasteiger partial charge in [0.1, 0.15) is 6.54 Å². The van der Waals surface area contributed by atoms with Gasteiger partial charge in [-0.25, -0.2) is 0 Å². The molecule has 1 aliphatic heterocycles. The lowest BCUT2D eigenvalue weighted by Crippen LogP contribution is -3.13. The van der Waals surface area contributed by atoms with Crippen molar-refractivity contribution in [1.82, 2.24) is 10.2 Å². The van der Waals surface area contributed by atoms with Crippen molar-refractivity contribution in [3.63, 3.8) is 0 Å². The summed E-state index contributed by atoms with van der Waals surface area (Å²) in [6, 6.07) is 8.59. The molecule has 168 valence electrons. The molecule has 4 saturated carbocycles. The van der Waals surface area contributed by atoms with Gasteiger partial charge in [-0.15, -0.1) is 0 Å². The van der Waals surface area contributed by atoms with Crippen LogP contribution in [0.4, 0.5) is 0 Å². The smallest absolute Gasteiger partial charge is 0.226 e. The van der Waals surface area contributed by atoms with E-state index in [1.807, 2.05) is 4.90 Å². The van der Waals surface area contributed by atoms with E-state index in [2.05, 4.69) is 36.5 Å². The first-order valence-corrected chi connectivity index (χ1v) is 12.4. The molecule has 0 spiro atoms. The van der Waals surface area contributed by atoms with Gasteiger partial charge in [0.25, 0.3) is 0 Å². The molecule has 5 nitrogen and oxygen atoms in total. The summed E-state index contributed by atoms with van der Waals surface area (Å²) in [5.41, 5.74) is 2.65. The van der Waals surface area contributed by atoms with E-state index < -0.39 is 0 Å². The van der Waals surface area contributed by atoms with Gasteiger partial charge < -0.3 is 15.1 Å². The lowest BCUT2D eigenvalue weighted by molar-refractivity contribution is -0.917. The zero-order valence-electron chi connectivity index (χ0n) is 19.0. The number of benzene rings is 1. The maximum Gasteiger partial charge on any atom is 0.226 e. The van der Waals surface area contributed by atoms with Crippen molar-refractivity contribution >= 4 is 11.8 Å². The van der Waals surface area contributed by atoms with Crippen molar-refractivity contribution in [1.29, 1.82) is 0 Å². The SMILES string of the molecule is Cc1ccccc1C[NH+]1CCN(C(=O)CCNC(=O)C23CC4CC(CC(C4)C2)C3)CC1.